The maximum absolute atomic E-state index is 13.9. The summed E-state index contributed by atoms with van der Waals surface area (Å²) in [6, 6.07) is 9.15. The number of halogens is 2. The van der Waals surface area contributed by atoms with Gasteiger partial charge >= 0.3 is 0 Å². The van der Waals surface area contributed by atoms with E-state index in [2.05, 4.69) is 21.2 Å². The van der Waals surface area contributed by atoms with Gasteiger partial charge in [0.15, 0.2) is 5.82 Å². The number of nitriles is 1. The van der Waals surface area contributed by atoms with Crippen molar-refractivity contribution in [1.82, 2.24) is 0 Å². The number of hydrogen-bond donors (Lipinski definition) is 1. The Hall–Kier alpha value is -1.38. The van der Waals surface area contributed by atoms with E-state index in [1.165, 1.54) is 4.88 Å². The van der Waals surface area contributed by atoms with E-state index in [-0.39, 0.29) is 4.47 Å². The molecule has 0 fully saturated rings. The summed E-state index contributed by atoms with van der Waals surface area (Å²) >= 11 is 4.76. The van der Waals surface area contributed by atoms with Gasteiger partial charge in [-0.3, -0.25) is 0 Å². The van der Waals surface area contributed by atoms with Crippen LogP contribution >= 0.6 is 27.3 Å². The Morgan fingerprint density at radius 3 is 2.78 bits per heavy atom. The zero-order chi connectivity index (χ0) is 13.1. The monoisotopic (exact) mass is 324 g/mol. The van der Waals surface area contributed by atoms with E-state index >= 15 is 0 Å². The fourth-order valence-corrected chi connectivity index (χ4v) is 2.80. The van der Waals surface area contributed by atoms with Gasteiger partial charge in [-0.2, -0.15) is 5.26 Å². The van der Waals surface area contributed by atoms with Crippen LogP contribution in [0.3, 0.4) is 0 Å². The molecule has 1 N–H and O–H groups in total. The second kappa shape index (κ2) is 5.51. The SMILES string of the molecule is Cc1ccc(CNc2ccc(C#N)c(Br)c2F)s1. The van der Waals surface area contributed by atoms with Crippen molar-refractivity contribution in [3.05, 3.63) is 49.9 Å². The van der Waals surface area contributed by atoms with E-state index in [1.807, 2.05) is 25.1 Å². The van der Waals surface area contributed by atoms with Crippen molar-refractivity contribution in [3.8, 4) is 6.07 Å². The molecule has 0 aliphatic heterocycles. The quantitative estimate of drug-likeness (QED) is 0.905. The Bertz CT molecular complexity index is 616. The fourth-order valence-electron chi connectivity index (χ4n) is 1.53. The molecule has 0 saturated carbocycles. The van der Waals surface area contributed by atoms with Crippen molar-refractivity contribution >= 4 is 33.0 Å². The lowest BCUT2D eigenvalue weighted by Gasteiger charge is -2.08. The van der Waals surface area contributed by atoms with Crippen LogP contribution < -0.4 is 5.32 Å². The molecule has 2 nitrogen and oxygen atoms in total. The highest BCUT2D eigenvalue weighted by atomic mass is 79.9. The third-order valence-corrected chi connectivity index (χ3v) is 4.23. The summed E-state index contributed by atoms with van der Waals surface area (Å²) < 4.78 is 14.1. The molecular formula is C13H10BrFN2S. The summed E-state index contributed by atoms with van der Waals surface area (Å²) in [6.07, 6.45) is 0. The Balaban J connectivity index is 2.15. The summed E-state index contributed by atoms with van der Waals surface area (Å²) in [6.45, 7) is 2.61. The first kappa shape index (κ1) is 13.1. The Labute approximate surface area is 117 Å². The standard InChI is InChI=1S/C13H10BrFN2S/c1-8-2-4-10(18-8)7-17-11-5-3-9(6-16)12(14)13(11)15/h2-5,17H,7H2,1H3. The predicted molar refractivity (Wildman–Crippen MR) is 75.2 cm³/mol. The van der Waals surface area contributed by atoms with E-state index < -0.39 is 5.82 Å². The minimum absolute atomic E-state index is 0.206. The first-order valence-corrected chi connectivity index (χ1v) is 6.90. The van der Waals surface area contributed by atoms with Crippen LogP contribution in [0.15, 0.2) is 28.7 Å². The highest BCUT2D eigenvalue weighted by molar-refractivity contribution is 9.10. The van der Waals surface area contributed by atoms with Gasteiger partial charge in [-0.05, 0) is 47.1 Å². The van der Waals surface area contributed by atoms with Gasteiger partial charge in [0.05, 0.1) is 15.7 Å². The van der Waals surface area contributed by atoms with Crippen LogP contribution in [-0.2, 0) is 6.54 Å². The molecule has 2 rings (SSSR count). The highest BCUT2D eigenvalue weighted by Crippen LogP contribution is 2.27. The average Bonchev–Trinajstić information content (AvgIpc) is 2.77. The second-order valence-corrected chi connectivity index (χ2v) is 5.93. The highest BCUT2D eigenvalue weighted by Gasteiger charge is 2.10. The summed E-state index contributed by atoms with van der Waals surface area (Å²) in [5, 5.41) is 11.8. The van der Waals surface area contributed by atoms with Crippen molar-refractivity contribution in [2.45, 2.75) is 13.5 Å². The Morgan fingerprint density at radius 1 is 1.39 bits per heavy atom. The number of benzene rings is 1. The lowest BCUT2D eigenvalue weighted by molar-refractivity contribution is 0.623. The van der Waals surface area contributed by atoms with Gasteiger partial charge in [-0.25, -0.2) is 4.39 Å². The van der Waals surface area contributed by atoms with Gasteiger partial charge in [-0.1, -0.05) is 0 Å². The number of aryl methyl sites for hydroxylation is 1. The Kier molecular flexibility index (Phi) is 4.00. The molecule has 1 aromatic heterocycles. The normalized spacial score (nSPS) is 10.1. The Morgan fingerprint density at radius 2 is 2.17 bits per heavy atom. The molecule has 0 spiro atoms. The number of nitrogens with zero attached hydrogens (tertiary/aromatic N) is 1. The van der Waals surface area contributed by atoms with Crippen molar-refractivity contribution in [2.24, 2.45) is 0 Å². The predicted octanol–water partition coefficient (Wildman–Crippen LogP) is 4.44. The molecule has 18 heavy (non-hydrogen) atoms. The van der Waals surface area contributed by atoms with E-state index in [9.17, 15) is 4.39 Å². The van der Waals surface area contributed by atoms with E-state index in [0.29, 0.717) is 17.8 Å². The zero-order valence-corrected chi connectivity index (χ0v) is 12.0. The van der Waals surface area contributed by atoms with Crippen LogP contribution in [0.4, 0.5) is 10.1 Å². The number of hydrogen-bond acceptors (Lipinski definition) is 3. The molecular weight excluding hydrogens is 315 g/mol. The van der Waals surface area contributed by atoms with Crippen LogP contribution in [0.2, 0.25) is 0 Å². The van der Waals surface area contributed by atoms with Crippen molar-refractivity contribution < 1.29 is 4.39 Å². The van der Waals surface area contributed by atoms with Crippen LogP contribution in [-0.4, -0.2) is 0 Å². The van der Waals surface area contributed by atoms with E-state index in [4.69, 9.17) is 5.26 Å². The van der Waals surface area contributed by atoms with Crippen molar-refractivity contribution in [1.29, 1.82) is 5.26 Å². The maximum atomic E-state index is 13.9. The molecule has 2 aromatic rings. The summed E-state index contributed by atoms with van der Waals surface area (Å²) in [4.78, 5) is 2.38. The minimum Gasteiger partial charge on any atom is -0.378 e. The largest absolute Gasteiger partial charge is 0.378 e. The number of thiophene rings is 1. The summed E-state index contributed by atoms with van der Waals surface area (Å²) in [5.74, 6) is -0.428. The summed E-state index contributed by atoms with van der Waals surface area (Å²) in [7, 11) is 0. The molecule has 0 aliphatic rings. The smallest absolute Gasteiger partial charge is 0.161 e. The second-order valence-electron chi connectivity index (χ2n) is 3.77. The maximum Gasteiger partial charge on any atom is 0.161 e. The first-order chi connectivity index (χ1) is 8.61. The summed E-state index contributed by atoms with van der Waals surface area (Å²) in [5.41, 5.74) is 0.692. The van der Waals surface area contributed by atoms with E-state index in [1.54, 1.807) is 23.5 Å². The zero-order valence-electron chi connectivity index (χ0n) is 9.63. The molecule has 0 atom stereocenters. The van der Waals surface area contributed by atoms with Crippen molar-refractivity contribution in [2.75, 3.05) is 5.32 Å². The van der Waals surface area contributed by atoms with E-state index in [0.717, 1.165) is 4.88 Å². The van der Waals surface area contributed by atoms with Crippen LogP contribution in [0.1, 0.15) is 15.3 Å². The molecule has 0 saturated heterocycles. The molecule has 92 valence electrons. The molecule has 0 unspecified atom stereocenters. The molecule has 0 amide bonds. The lowest BCUT2D eigenvalue weighted by atomic mass is 10.2. The lowest BCUT2D eigenvalue weighted by Crippen LogP contribution is -2.01. The van der Waals surface area contributed by atoms with Gasteiger partial charge in [0.25, 0.3) is 0 Å². The number of anilines is 1. The molecule has 5 heteroatoms. The van der Waals surface area contributed by atoms with Crippen LogP contribution in [0.5, 0.6) is 0 Å². The molecule has 0 radical (unpaired) electrons. The van der Waals surface area contributed by atoms with Gasteiger partial charge in [0.1, 0.15) is 6.07 Å². The average molecular weight is 325 g/mol. The first-order valence-electron chi connectivity index (χ1n) is 5.29. The number of rotatable bonds is 3. The molecule has 0 aliphatic carbocycles. The third-order valence-electron chi connectivity index (χ3n) is 2.45. The molecule has 1 aromatic carbocycles. The van der Waals surface area contributed by atoms with Crippen LogP contribution in [0, 0.1) is 24.1 Å². The van der Waals surface area contributed by atoms with Crippen LogP contribution in [0.25, 0.3) is 0 Å². The van der Waals surface area contributed by atoms with Gasteiger partial charge in [0, 0.05) is 16.3 Å². The van der Waals surface area contributed by atoms with Gasteiger partial charge in [-0.15, -0.1) is 11.3 Å². The van der Waals surface area contributed by atoms with Gasteiger partial charge < -0.3 is 5.32 Å². The van der Waals surface area contributed by atoms with Crippen molar-refractivity contribution in [3.63, 3.8) is 0 Å². The minimum atomic E-state index is -0.428. The molecule has 0 bridgehead atoms. The third kappa shape index (κ3) is 2.71. The molecule has 1 heterocycles. The van der Waals surface area contributed by atoms with Gasteiger partial charge in [0.2, 0.25) is 0 Å². The fraction of sp³-hybridized carbons (Fsp3) is 0.154. The topological polar surface area (TPSA) is 35.8 Å². The number of nitrogens with one attached hydrogen (secondary N) is 1.